The van der Waals surface area contributed by atoms with Crippen molar-refractivity contribution in [3.63, 3.8) is 0 Å². The minimum atomic E-state index is -0.515. The van der Waals surface area contributed by atoms with E-state index in [1.807, 2.05) is 6.92 Å². The highest BCUT2D eigenvalue weighted by Gasteiger charge is 2.26. The average molecular weight is 265 g/mol. The van der Waals surface area contributed by atoms with Gasteiger partial charge in [0.2, 0.25) is 0 Å². The molecule has 0 radical (unpaired) electrons. The molecule has 0 amide bonds. The summed E-state index contributed by atoms with van der Waals surface area (Å²) in [6.07, 6.45) is 0. The van der Waals surface area contributed by atoms with Crippen LogP contribution in [0.5, 0.6) is 5.75 Å². The zero-order valence-electron chi connectivity index (χ0n) is 11.2. The van der Waals surface area contributed by atoms with Crippen molar-refractivity contribution >= 4 is 5.69 Å². The number of phenols is 1. The molecule has 19 heavy (non-hydrogen) atoms. The van der Waals surface area contributed by atoms with Gasteiger partial charge in [-0.15, -0.1) is 0 Å². The Hall–Kier alpha value is -1.66. The van der Waals surface area contributed by atoms with E-state index >= 15 is 0 Å². The molecule has 1 aromatic rings. The lowest BCUT2D eigenvalue weighted by molar-refractivity contribution is -0.386. The first kappa shape index (κ1) is 13.8. The third-order valence-corrected chi connectivity index (χ3v) is 3.72. The monoisotopic (exact) mass is 265 g/mol. The largest absolute Gasteiger partial charge is 0.502 e. The first-order valence-corrected chi connectivity index (χ1v) is 6.44. The summed E-state index contributed by atoms with van der Waals surface area (Å²) in [5.74, 6) is -0.198. The molecule has 2 N–H and O–H groups in total. The van der Waals surface area contributed by atoms with E-state index in [1.165, 1.54) is 0 Å². The van der Waals surface area contributed by atoms with Gasteiger partial charge in [-0.25, -0.2) is 0 Å². The zero-order valence-corrected chi connectivity index (χ0v) is 11.2. The molecule has 1 heterocycles. The molecule has 0 aliphatic carbocycles. The van der Waals surface area contributed by atoms with Crippen molar-refractivity contribution < 1.29 is 10.0 Å². The van der Waals surface area contributed by atoms with Crippen LogP contribution in [0.4, 0.5) is 5.69 Å². The van der Waals surface area contributed by atoms with Crippen molar-refractivity contribution in [2.45, 2.75) is 19.9 Å². The van der Waals surface area contributed by atoms with Crippen molar-refractivity contribution in [2.75, 3.05) is 26.2 Å². The number of rotatable bonds is 3. The van der Waals surface area contributed by atoms with Gasteiger partial charge in [0.05, 0.1) is 4.92 Å². The Balaban J connectivity index is 2.34. The first-order valence-electron chi connectivity index (χ1n) is 6.44. The third-order valence-electron chi connectivity index (χ3n) is 3.72. The van der Waals surface area contributed by atoms with Crippen LogP contribution in [0.15, 0.2) is 12.1 Å². The van der Waals surface area contributed by atoms with Gasteiger partial charge >= 0.3 is 5.69 Å². The second kappa shape index (κ2) is 5.54. The molecule has 0 saturated carbocycles. The summed E-state index contributed by atoms with van der Waals surface area (Å²) in [6, 6.07) is 3.46. The highest BCUT2D eigenvalue weighted by atomic mass is 16.6. The van der Waals surface area contributed by atoms with Gasteiger partial charge in [-0.1, -0.05) is 12.1 Å². The standard InChI is InChI=1S/C13H19N3O3/c1-9-3-4-11(13(17)12(9)16(18)19)10(2)15-7-5-14-6-8-15/h3-4,10,14,17H,5-8H2,1-2H3/t10-/m1/s1. The summed E-state index contributed by atoms with van der Waals surface area (Å²) in [6.45, 7) is 7.17. The highest BCUT2D eigenvalue weighted by Crippen LogP contribution is 2.37. The van der Waals surface area contributed by atoms with Gasteiger partial charge < -0.3 is 10.4 Å². The Kier molecular flexibility index (Phi) is 4.01. The van der Waals surface area contributed by atoms with Gasteiger partial charge in [0, 0.05) is 43.3 Å². The molecule has 2 rings (SSSR count). The van der Waals surface area contributed by atoms with E-state index in [0.717, 1.165) is 26.2 Å². The van der Waals surface area contributed by atoms with E-state index in [-0.39, 0.29) is 17.5 Å². The Morgan fingerprint density at radius 3 is 2.63 bits per heavy atom. The van der Waals surface area contributed by atoms with Crippen molar-refractivity contribution in [3.8, 4) is 5.75 Å². The Labute approximate surface area is 112 Å². The fourth-order valence-electron chi connectivity index (χ4n) is 2.53. The van der Waals surface area contributed by atoms with E-state index in [4.69, 9.17) is 0 Å². The van der Waals surface area contributed by atoms with E-state index in [9.17, 15) is 15.2 Å². The zero-order chi connectivity index (χ0) is 14.0. The van der Waals surface area contributed by atoms with Crippen molar-refractivity contribution in [2.24, 2.45) is 0 Å². The van der Waals surface area contributed by atoms with Crippen molar-refractivity contribution in [3.05, 3.63) is 33.4 Å². The lowest BCUT2D eigenvalue weighted by Gasteiger charge is -2.33. The quantitative estimate of drug-likeness (QED) is 0.640. The molecule has 1 fully saturated rings. The van der Waals surface area contributed by atoms with Crippen LogP contribution in [0, 0.1) is 17.0 Å². The van der Waals surface area contributed by atoms with Crippen LogP contribution in [0.2, 0.25) is 0 Å². The SMILES string of the molecule is Cc1ccc([C@@H](C)N2CCNCC2)c(O)c1[N+](=O)[O-]. The van der Waals surface area contributed by atoms with Crippen LogP contribution in [-0.2, 0) is 0 Å². The summed E-state index contributed by atoms with van der Waals surface area (Å²) in [5.41, 5.74) is 0.928. The summed E-state index contributed by atoms with van der Waals surface area (Å²) in [5, 5.41) is 24.4. The molecule has 1 aliphatic heterocycles. The predicted octanol–water partition coefficient (Wildman–Crippen LogP) is 1.58. The molecule has 1 atom stereocenters. The number of hydrogen-bond acceptors (Lipinski definition) is 5. The predicted molar refractivity (Wildman–Crippen MR) is 72.4 cm³/mol. The fraction of sp³-hybridized carbons (Fsp3) is 0.538. The number of nitro groups is 1. The maximum Gasteiger partial charge on any atom is 0.313 e. The number of piperazine rings is 1. The van der Waals surface area contributed by atoms with Gasteiger partial charge in [0.15, 0.2) is 5.75 Å². The minimum absolute atomic E-state index is 0.0265. The highest BCUT2D eigenvalue weighted by molar-refractivity contribution is 5.56. The summed E-state index contributed by atoms with van der Waals surface area (Å²) < 4.78 is 0. The Bertz CT molecular complexity index is 484. The average Bonchev–Trinajstić information content (AvgIpc) is 2.39. The molecule has 0 spiro atoms. The fourth-order valence-corrected chi connectivity index (χ4v) is 2.53. The van der Waals surface area contributed by atoms with Crippen LogP contribution >= 0.6 is 0 Å². The van der Waals surface area contributed by atoms with Gasteiger partial charge in [-0.2, -0.15) is 0 Å². The van der Waals surface area contributed by atoms with Crippen LogP contribution in [0.1, 0.15) is 24.1 Å². The molecular formula is C13H19N3O3. The Morgan fingerprint density at radius 1 is 1.42 bits per heavy atom. The second-order valence-corrected chi connectivity index (χ2v) is 4.89. The molecule has 0 bridgehead atoms. The van der Waals surface area contributed by atoms with E-state index in [0.29, 0.717) is 11.1 Å². The molecule has 0 aromatic heterocycles. The summed E-state index contributed by atoms with van der Waals surface area (Å²) in [7, 11) is 0. The minimum Gasteiger partial charge on any atom is -0.502 e. The first-order chi connectivity index (χ1) is 9.02. The summed E-state index contributed by atoms with van der Waals surface area (Å²) >= 11 is 0. The molecule has 1 aliphatic rings. The number of nitrogens with zero attached hydrogens (tertiary/aromatic N) is 2. The molecule has 6 heteroatoms. The summed E-state index contributed by atoms with van der Waals surface area (Å²) in [4.78, 5) is 12.7. The van der Waals surface area contributed by atoms with Crippen LogP contribution in [0.3, 0.4) is 0 Å². The molecule has 0 unspecified atom stereocenters. The lowest BCUT2D eigenvalue weighted by atomic mass is 10.0. The number of nitro benzene ring substituents is 1. The number of aryl methyl sites for hydroxylation is 1. The number of hydrogen-bond donors (Lipinski definition) is 2. The molecule has 1 aromatic carbocycles. The van der Waals surface area contributed by atoms with Crippen LogP contribution in [-0.4, -0.2) is 41.1 Å². The maximum atomic E-state index is 11.0. The number of aromatic hydroxyl groups is 1. The molecular weight excluding hydrogens is 246 g/mol. The Morgan fingerprint density at radius 2 is 2.05 bits per heavy atom. The van der Waals surface area contributed by atoms with E-state index < -0.39 is 4.92 Å². The maximum absolute atomic E-state index is 11.0. The molecule has 104 valence electrons. The van der Waals surface area contributed by atoms with Crippen molar-refractivity contribution in [1.29, 1.82) is 0 Å². The number of nitrogens with one attached hydrogen (secondary N) is 1. The number of phenolic OH excluding ortho intramolecular Hbond substituents is 1. The smallest absolute Gasteiger partial charge is 0.313 e. The van der Waals surface area contributed by atoms with Crippen molar-refractivity contribution in [1.82, 2.24) is 10.2 Å². The van der Waals surface area contributed by atoms with Crippen LogP contribution < -0.4 is 5.32 Å². The molecule has 6 nitrogen and oxygen atoms in total. The normalized spacial score (nSPS) is 18.2. The van der Waals surface area contributed by atoms with Gasteiger partial charge in [-0.3, -0.25) is 15.0 Å². The van der Waals surface area contributed by atoms with Gasteiger partial charge in [-0.05, 0) is 13.8 Å². The number of benzene rings is 1. The van der Waals surface area contributed by atoms with Crippen LogP contribution in [0.25, 0.3) is 0 Å². The van der Waals surface area contributed by atoms with E-state index in [1.54, 1.807) is 19.1 Å². The van der Waals surface area contributed by atoms with Gasteiger partial charge in [0.25, 0.3) is 0 Å². The second-order valence-electron chi connectivity index (χ2n) is 4.89. The topological polar surface area (TPSA) is 78.6 Å². The van der Waals surface area contributed by atoms with E-state index in [2.05, 4.69) is 10.2 Å². The van der Waals surface area contributed by atoms with Gasteiger partial charge in [0.1, 0.15) is 0 Å². The lowest BCUT2D eigenvalue weighted by Crippen LogP contribution is -2.44. The molecule has 1 saturated heterocycles. The third kappa shape index (κ3) is 2.69.